The third-order valence-electron chi connectivity index (χ3n) is 6.00. The first-order valence-electron chi connectivity index (χ1n) is 10.5. The average Bonchev–Trinajstić information content (AvgIpc) is 2.81. The highest BCUT2D eigenvalue weighted by Crippen LogP contribution is 2.33. The molecule has 0 bridgehead atoms. The second-order valence-electron chi connectivity index (χ2n) is 8.26. The smallest absolute Gasteiger partial charge is 0.253 e. The highest BCUT2D eigenvalue weighted by atomic mass is 35.5. The van der Waals surface area contributed by atoms with Crippen LogP contribution in [0.4, 0.5) is 17.1 Å². The molecule has 2 saturated heterocycles. The van der Waals surface area contributed by atoms with Gasteiger partial charge in [-0.1, -0.05) is 11.6 Å². The predicted molar refractivity (Wildman–Crippen MR) is 120 cm³/mol. The van der Waals surface area contributed by atoms with Crippen LogP contribution in [0.2, 0.25) is 5.02 Å². The van der Waals surface area contributed by atoms with E-state index >= 15 is 0 Å². The summed E-state index contributed by atoms with van der Waals surface area (Å²) >= 11 is 6.30. The topological polar surface area (TPSA) is 152 Å². The first-order valence-corrected chi connectivity index (χ1v) is 10.9. The predicted octanol–water partition coefficient (Wildman–Crippen LogP) is -1.39. The minimum Gasteiger partial charge on any atom is -0.460 e. The molecule has 2 aromatic rings. The molecule has 0 aromatic heterocycles. The van der Waals surface area contributed by atoms with Crippen molar-refractivity contribution in [2.45, 2.75) is 30.7 Å². The summed E-state index contributed by atoms with van der Waals surface area (Å²) in [5, 5.41) is 42.3. The lowest BCUT2D eigenvalue weighted by Gasteiger charge is -2.39. The summed E-state index contributed by atoms with van der Waals surface area (Å²) in [7, 11) is 1.99. The summed E-state index contributed by atoms with van der Waals surface area (Å²) in [5.41, 5.74) is -0.0878. The van der Waals surface area contributed by atoms with Crippen molar-refractivity contribution in [3.05, 3.63) is 43.7 Å². The summed E-state index contributed by atoms with van der Waals surface area (Å²) in [5.74, 6) is 0.107. The fraction of sp³-hybridized carbons (Fsp3) is 0.524. The molecule has 2 aliphatic rings. The molecule has 12 heteroatoms. The van der Waals surface area contributed by atoms with Crippen molar-refractivity contribution >= 4 is 28.7 Å². The van der Waals surface area contributed by atoms with E-state index < -0.39 is 48.2 Å². The molecule has 2 aromatic carbocycles. The Balaban J connectivity index is 1.48. The normalized spacial score (nSPS) is 28.8. The van der Waals surface area contributed by atoms with Gasteiger partial charge in [0.05, 0.1) is 11.6 Å². The van der Waals surface area contributed by atoms with Gasteiger partial charge in [-0.05, 0) is 25.2 Å². The Bertz CT molecular complexity index is 1060. The molecule has 2 heterocycles. The quantitative estimate of drug-likeness (QED) is 0.309. The molecule has 0 amide bonds. The molecule has 0 spiro atoms. The van der Waals surface area contributed by atoms with Gasteiger partial charge in [-0.25, -0.2) is 0 Å². The summed E-state index contributed by atoms with van der Waals surface area (Å²) in [4.78, 5) is 28.4. The number of nitrogens with one attached hydrogen (secondary N) is 1. The summed E-state index contributed by atoms with van der Waals surface area (Å²) < 4.78 is 10.9. The van der Waals surface area contributed by atoms with Crippen LogP contribution in [0.15, 0.2) is 27.8 Å². The Kier molecular flexibility index (Phi) is 6.91. The second-order valence-corrected chi connectivity index (χ2v) is 8.66. The SMILES string of the molecule is CN1CCN(c2c(Nc3ccc(O[C@H]4O[C@H](CO)[C@@H](O)[C@H](O)[C@@H]4O)c(Cl)c3)c(=O)c2=O)CC1. The highest BCUT2D eigenvalue weighted by Gasteiger charge is 2.44. The Morgan fingerprint density at radius 1 is 1.09 bits per heavy atom. The molecule has 2 fully saturated rings. The van der Waals surface area contributed by atoms with Gasteiger partial charge in [0.15, 0.2) is 0 Å². The molecule has 0 aliphatic carbocycles. The summed E-state index contributed by atoms with van der Waals surface area (Å²) in [6.07, 6.45) is -7.16. The lowest BCUT2D eigenvalue weighted by atomic mass is 9.99. The van der Waals surface area contributed by atoms with Gasteiger partial charge < -0.3 is 45.0 Å². The molecule has 33 heavy (non-hydrogen) atoms. The number of benzene rings is 1. The number of nitrogens with zero attached hydrogens (tertiary/aromatic N) is 2. The maximum absolute atomic E-state index is 12.2. The van der Waals surface area contributed by atoms with Gasteiger partial charge in [0, 0.05) is 31.9 Å². The second kappa shape index (κ2) is 9.55. The fourth-order valence-electron chi connectivity index (χ4n) is 3.94. The molecular weight excluding hydrogens is 458 g/mol. The molecule has 0 radical (unpaired) electrons. The van der Waals surface area contributed by atoms with E-state index in [9.17, 15) is 30.0 Å². The summed E-state index contributed by atoms with van der Waals surface area (Å²) in [6, 6.07) is 4.51. The Labute approximate surface area is 194 Å². The Morgan fingerprint density at radius 3 is 2.42 bits per heavy atom. The number of piperazine rings is 1. The number of rotatable bonds is 6. The third-order valence-corrected chi connectivity index (χ3v) is 6.29. The molecule has 4 rings (SSSR count). The maximum atomic E-state index is 12.2. The lowest BCUT2D eigenvalue weighted by Crippen LogP contribution is -2.60. The first-order chi connectivity index (χ1) is 15.7. The van der Waals surface area contributed by atoms with Gasteiger partial charge >= 0.3 is 0 Å². The minimum atomic E-state index is -1.58. The van der Waals surface area contributed by atoms with Crippen LogP contribution in [0.25, 0.3) is 0 Å². The molecule has 0 unspecified atom stereocenters. The molecule has 180 valence electrons. The van der Waals surface area contributed by atoms with Crippen LogP contribution in [-0.4, -0.2) is 95.9 Å². The van der Waals surface area contributed by atoms with Crippen molar-refractivity contribution in [2.75, 3.05) is 50.1 Å². The average molecular weight is 484 g/mol. The number of likely N-dealkylation sites (N-methyl/N-ethyl adjacent to an activating group) is 1. The van der Waals surface area contributed by atoms with E-state index in [1.165, 1.54) is 12.1 Å². The summed E-state index contributed by atoms with van der Waals surface area (Å²) in [6.45, 7) is 2.27. The van der Waals surface area contributed by atoms with Gasteiger partial charge in [0.25, 0.3) is 10.9 Å². The molecule has 2 aliphatic heterocycles. The van der Waals surface area contributed by atoms with Crippen LogP contribution < -0.4 is 25.8 Å². The first kappa shape index (κ1) is 23.9. The fourth-order valence-corrected chi connectivity index (χ4v) is 4.16. The zero-order valence-corrected chi connectivity index (χ0v) is 18.6. The number of aliphatic hydroxyl groups excluding tert-OH is 4. The van der Waals surface area contributed by atoms with Crippen molar-refractivity contribution in [2.24, 2.45) is 0 Å². The zero-order valence-electron chi connectivity index (χ0n) is 17.8. The van der Waals surface area contributed by atoms with Crippen LogP contribution in [-0.2, 0) is 4.74 Å². The molecule has 5 N–H and O–H groups in total. The molecular formula is C21H26ClN3O8. The van der Waals surface area contributed by atoms with E-state index in [-0.39, 0.29) is 16.5 Å². The van der Waals surface area contributed by atoms with Crippen molar-refractivity contribution in [1.82, 2.24) is 4.90 Å². The van der Waals surface area contributed by atoms with Crippen molar-refractivity contribution in [3.63, 3.8) is 0 Å². The number of hydrogen-bond donors (Lipinski definition) is 5. The minimum absolute atomic E-state index is 0.107. The third kappa shape index (κ3) is 4.58. The molecule has 5 atom stereocenters. The monoisotopic (exact) mass is 483 g/mol. The van der Waals surface area contributed by atoms with Crippen molar-refractivity contribution in [1.29, 1.82) is 0 Å². The van der Waals surface area contributed by atoms with E-state index in [4.69, 9.17) is 21.1 Å². The van der Waals surface area contributed by atoms with Crippen LogP contribution in [0, 0.1) is 0 Å². The van der Waals surface area contributed by atoms with E-state index in [2.05, 4.69) is 10.2 Å². The number of aliphatic hydroxyl groups is 4. The number of ether oxygens (including phenoxy) is 2. The number of anilines is 3. The van der Waals surface area contributed by atoms with E-state index in [0.29, 0.717) is 24.5 Å². The lowest BCUT2D eigenvalue weighted by molar-refractivity contribution is -0.277. The Morgan fingerprint density at radius 2 is 1.79 bits per heavy atom. The maximum Gasteiger partial charge on any atom is 0.253 e. The van der Waals surface area contributed by atoms with Crippen LogP contribution in [0.3, 0.4) is 0 Å². The van der Waals surface area contributed by atoms with Gasteiger partial charge in [0.1, 0.15) is 41.5 Å². The number of halogens is 1. The Hall–Kier alpha value is -2.25. The van der Waals surface area contributed by atoms with Gasteiger partial charge in [-0.2, -0.15) is 0 Å². The van der Waals surface area contributed by atoms with E-state index in [1.807, 2.05) is 11.9 Å². The van der Waals surface area contributed by atoms with E-state index in [0.717, 1.165) is 13.1 Å². The van der Waals surface area contributed by atoms with E-state index in [1.54, 1.807) is 6.07 Å². The molecule has 11 nitrogen and oxygen atoms in total. The van der Waals surface area contributed by atoms with Gasteiger partial charge in [-0.3, -0.25) is 9.59 Å². The van der Waals surface area contributed by atoms with Gasteiger partial charge in [-0.15, -0.1) is 0 Å². The highest BCUT2D eigenvalue weighted by molar-refractivity contribution is 6.32. The van der Waals surface area contributed by atoms with Crippen LogP contribution in [0.1, 0.15) is 0 Å². The number of hydrogen-bond acceptors (Lipinski definition) is 11. The molecule has 0 saturated carbocycles. The van der Waals surface area contributed by atoms with Gasteiger partial charge in [0.2, 0.25) is 6.29 Å². The zero-order chi connectivity index (χ0) is 23.9. The van der Waals surface area contributed by atoms with Crippen molar-refractivity contribution in [3.8, 4) is 5.75 Å². The van der Waals surface area contributed by atoms with Crippen LogP contribution >= 0.6 is 11.6 Å². The van der Waals surface area contributed by atoms with Crippen LogP contribution in [0.5, 0.6) is 5.75 Å². The van der Waals surface area contributed by atoms with Crippen molar-refractivity contribution < 1.29 is 29.9 Å². The largest absolute Gasteiger partial charge is 0.460 e. The standard InChI is InChI=1S/C21H26ClN3O8/c1-24-4-6-25(7-5-24)15-14(17(28)18(15)29)23-10-2-3-12(11(22)8-10)32-21-20(31)19(30)16(27)13(9-26)33-21/h2-3,8,13,16,19-21,23,26-27,30-31H,4-7,9H2,1H3/t13-,16-,19+,20+,21+/m1/s1.